The first-order valence-corrected chi connectivity index (χ1v) is 22.7. The number of nitrogens with one attached hydrogen (secondary N) is 4. The van der Waals surface area contributed by atoms with Crippen molar-refractivity contribution in [1.29, 1.82) is 0 Å². The van der Waals surface area contributed by atoms with Crippen LogP contribution in [0.1, 0.15) is 125 Å². The number of aliphatic hydroxyl groups is 1. The topological polar surface area (TPSA) is 207 Å². The number of carbonyl (C=O) groups excluding carboxylic acids is 1. The van der Waals surface area contributed by atoms with Crippen molar-refractivity contribution in [1.82, 2.24) is 39.2 Å². The second kappa shape index (κ2) is 23.1. The van der Waals surface area contributed by atoms with Crippen LogP contribution in [-0.4, -0.2) is 88.5 Å². The Kier molecular flexibility index (Phi) is 17.2. The highest BCUT2D eigenvalue weighted by Gasteiger charge is 2.20. The monoisotopic (exact) mass is 862 g/mol. The minimum Gasteiger partial charge on any atom is -0.396 e. The van der Waals surface area contributed by atoms with Crippen molar-refractivity contribution in [2.24, 2.45) is 5.73 Å². The number of carbonyl (C=O) groups is 1. The summed E-state index contributed by atoms with van der Waals surface area (Å²) in [6.07, 6.45) is 11.0. The lowest BCUT2D eigenvalue weighted by atomic mass is 10.1. The van der Waals surface area contributed by atoms with E-state index in [1.54, 1.807) is 4.52 Å². The number of nitrogens with zero attached hydrogens (tertiary/aromatic N) is 8. The molecule has 0 saturated carbocycles. The van der Waals surface area contributed by atoms with E-state index in [1.165, 1.54) is 24.0 Å². The van der Waals surface area contributed by atoms with Crippen molar-refractivity contribution in [2.45, 2.75) is 130 Å². The number of anilines is 4. The first-order chi connectivity index (χ1) is 30.6. The summed E-state index contributed by atoms with van der Waals surface area (Å²) in [7, 11) is 0. The van der Waals surface area contributed by atoms with Crippen molar-refractivity contribution < 1.29 is 14.6 Å². The molecule has 7 N–H and O–H groups in total. The SMILES string of the molecule is CCC(CCO)Nc1nc(NCc2cccc(CC(=O)CN)c2)n2ncc(C(C)C)c2n1.CCCCc1cccc(CNc2nc(NC3CCOCC3)nc3c(C(C)C)cnn23)c1. The molecule has 0 radical (unpaired) electrons. The molecule has 1 atom stereocenters. The fourth-order valence-corrected chi connectivity index (χ4v) is 7.49. The van der Waals surface area contributed by atoms with Gasteiger partial charge in [0, 0.05) is 62.5 Å². The predicted molar refractivity (Wildman–Crippen MR) is 251 cm³/mol. The fraction of sp³-hybridized carbons (Fsp3) is 0.511. The lowest BCUT2D eigenvalue weighted by Gasteiger charge is -2.23. The van der Waals surface area contributed by atoms with Gasteiger partial charge in [0.05, 0.1) is 18.9 Å². The Morgan fingerprint density at radius 2 is 1.37 bits per heavy atom. The normalized spacial score (nSPS) is 13.6. The Labute approximate surface area is 371 Å². The summed E-state index contributed by atoms with van der Waals surface area (Å²) in [4.78, 5) is 30.6. The first-order valence-electron chi connectivity index (χ1n) is 22.7. The third-order valence-corrected chi connectivity index (χ3v) is 11.2. The molecule has 5 heterocycles. The first kappa shape index (κ1) is 46.8. The second-order valence-corrected chi connectivity index (χ2v) is 16.9. The lowest BCUT2D eigenvalue weighted by Crippen LogP contribution is -2.29. The van der Waals surface area contributed by atoms with E-state index in [-0.39, 0.29) is 30.9 Å². The predicted octanol–water partition coefficient (Wildman–Crippen LogP) is 7.30. The molecule has 338 valence electrons. The van der Waals surface area contributed by atoms with Crippen LogP contribution in [0, 0.1) is 0 Å². The van der Waals surface area contributed by atoms with Gasteiger partial charge < -0.3 is 36.8 Å². The van der Waals surface area contributed by atoms with E-state index < -0.39 is 0 Å². The molecule has 1 fully saturated rings. The van der Waals surface area contributed by atoms with E-state index in [2.05, 4.69) is 102 Å². The van der Waals surface area contributed by atoms with Crippen molar-refractivity contribution in [3.05, 3.63) is 94.3 Å². The number of fused-ring (bicyclic) bond motifs is 2. The number of aliphatic hydroxyl groups excluding tert-OH is 1. The minimum absolute atomic E-state index is 0.00875. The molecule has 0 spiro atoms. The highest BCUT2D eigenvalue weighted by atomic mass is 16.5. The van der Waals surface area contributed by atoms with Gasteiger partial charge in [-0.2, -0.15) is 39.2 Å². The van der Waals surface area contributed by atoms with Gasteiger partial charge in [-0.15, -0.1) is 0 Å². The molecule has 63 heavy (non-hydrogen) atoms. The number of ether oxygens (including phenoxy) is 1. The van der Waals surface area contributed by atoms with E-state index in [4.69, 9.17) is 25.4 Å². The number of ketones is 1. The highest BCUT2D eigenvalue weighted by Crippen LogP contribution is 2.25. The van der Waals surface area contributed by atoms with Crippen molar-refractivity contribution in [2.75, 3.05) is 47.6 Å². The van der Waals surface area contributed by atoms with Crippen LogP contribution >= 0.6 is 0 Å². The maximum Gasteiger partial charge on any atom is 0.229 e. The molecule has 2 aromatic carbocycles. The molecule has 4 aromatic heterocycles. The maximum atomic E-state index is 11.7. The molecule has 0 amide bonds. The third kappa shape index (κ3) is 12.9. The van der Waals surface area contributed by atoms with Crippen molar-refractivity contribution in [3.63, 3.8) is 0 Å². The van der Waals surface area contributed by atoms with Crippen LogP contribution in [0.5, 0.6) is 0 Å². The zero-order valence-electron chi connectivity index (χ0n) is 37.9. The summed E-state index contributed by atoms with van der Waals surface area (Å²) >= 11 is 0. The van der Waals surface area contributed by atoms with Crippen molar-refractivity contribution in [3.8, 4) is 0 Å². The molecule has 16 heteroatoms. The van der Waals surface area contributed by atoms with E-state index in [9.17, 15) is 9.90 Å². The molecular weight excluding hydrogens is 795 g/mol. The van der Waals surface area contributed by atoms with Crippen LogP contribution in [0.2, 0.25) is 0 Å². The summed E-state index contributed by atoms with van der Waals surface area (Å²) in [5.74, 6) is 3.06. The summed E-state index contributed by atoms with van der Waals surface area (Å²) < 4.78 is 9.03. The van der Waals surface area contributed by atoms with Crippen LogP contribution in [0.15, 0.2) is 60.9 Å². The Morgan fingerprint density at radius 1 is 0.810 bits per heavy atom. The molecule has 1 aliphatic heterocycles. The van der Waals surface area contributed by atoms with Gasteiger partial charge in [0.25, 0.3) is 0 Å². The van der Waals surface area contributed by atoms with Crippen LogP contribution < -0.4 is 27.0 Å². The van der Waals surface area contributed by atoms with E-state index in [0.29, 0.717) is 61.7 Å². The second-order valence-electron chi connectivity index (χ2n) is 16.9. The van der Waals surface area contributed by atoms with Gasteiger partial charge in [0.15, 0.2) is 17.1 Å². The molecule has 7 rings (SSSR count). The van der Waals surface area contributed by atoms with Gasteiger partial charge in [-0.3, -0.25) is 4.79 Å². The maximum absolute atomic E-state index is 11.7. The highest BCUT2D eigenvalue weighted by molar-refractivity contribution is 5.82. The molecule has 6 aromatic rings. The van der Waals surface area contributed by atoms with Crippen LogP contribution in [-0.2, 0) is 35.5 Å². The minimum atomic E-state index is 0.00875. The van der Waals surface area contributed by atoms with Gasteiger partial charge in [-0.25, -0.2) is 0 Å². The number of hydrogen-bond donors (Lipinski definition) is 6. The van der Waals surface area contributed by atoms with Crippen LogP contribution in [0.4, 0.5) is 23.8 Å². The average Bonchev–Trinajstić information content (AvgIpc) is 3.93. The summed E-state index contributed by atoms with van der Waals surface area (Å²) in [5, 5.41) is 32.1. The van der Waals surface area contributed by atoms with Gasteiger partial charge in [0.1, 0.15) is 0 Å². The quantitative estimate of drug-likeness (QED) is 0.0420. The van der Waals surface area contributed by atoms with Gasteiger partial charge >= 0.3 is 0 Å². The van der Waals surface area contributed by atoms with E-state index >= 15 is 0 Å². The molecule has 0 bridgehead atoms. The Morgan fingerprint density at radius 3 is 1.92 bits per heavy atom. The fourth-order valence-electron chi connectivity index (χ4n) is 7.49. The van der Waals surface area contributed by atoms with Crippen LogP contribution in [0.25, 0.3) is 11.3 Å². The van der Waals surface area contributed by atoms with Gasteiger partial charge in [-0.05, 0) is 72.6 Å². The molecule has 1 saturated heterocycles. The Balaban J connectivity index is 0.000000210. The molecule has 0 aliphatic carbocycles. The number of hydrogen-bond acceptors (Lipinski definition) is 14. The van der Waals surface area contributed by atoms with E-state index in [0.717, 1.165) is 72.4 Å². The largest absolute Gasteiger partial charge is 0.396 e. The number of rotatable bonds is 21. The molecular formula is C47H67N13O3. The van der Waals surface area contributed by atoms with E-state index in [1.807, 2.05) is 41.2 Å². The number of aryl methyl sites for hydroxylation is 1. The zero-order chi connectivity index (χ0) is 44.7. The van der Waals surface area contributed by atoms with Crippen molar-refractivity contribution >= 4 is 40.9 Å². The van der Waals surface area contributed by atoms with Gasteiger partial charge in [-0.1, -0.05) is 96.5 Å². The summed E-state index contributed by atoms with van der Waals surface area (Å²) in [6.45, 7) is 15.8. The Hall–Kier alpha value is -5.71. The zero-order valence-corrected chi connectivity index (χ0v) is 37.9. The number of Topliss-reactive ketones (excluding diaryl/α,β-unsaturated/α-hetero) is 1. The summed E-state index contributed by atoms with van der Waals surface area (Å²) in [6, 6.07) is 17.1. The average molecular weight is 862 g/mol. The number of unbranched alkanes of at least 4 members (excludes halogenated alkanes) is 1. The lowest BCUT2D eigenvalue weighted by molar-refractivity contribution is -0.117. The molecule has 16 nitrogen and oxygen atoms in total. The van der Waals surface area contributed by atoms with Crippen LogP contribution in [0.3, 0.4) is 0 Å². The standard InChI is InChI=1S/C24H34N6O.C23H33N7O2/c1-4-5-7-18-8-6-9-19(14-18)15-25-24-29-23(27-20-10-12-31-13-11-20)28-22-21(17(2)3)16-26-30(22)24;1-4-18(8-9-31)27-22-28-21-20(15(2)3)14-26-30(21)23(29-22)25-13-17-7-5-6-16(10-17)11-19(32)12-24/h6,8-9,14,16-17,20H,4-5,7,10-13,15H2,1-3H3,(H2,25,27,28,29);5-7,10,14-15,18,31H,4,8-9,11-13,24H2,1-3H3,(H2,25,27,28,29). The third-order valence-electron chi connectivity index (χ3n) is 11.2. The van der Waals surface area contributed by atoms with Gasteiger partial charge in [0.2, 0.25) is 23.8 Å². The number of aromatic nitrogens is 8. The molecule has 1 unspecified atom stereocenters. The number of nitrogens with two attached hydrogens (primary N) is 1. The smallest absolute Gasteiger partial charge is 0.229 e. The number of benzene rings is 2. The molecule has 1 aliphatic rings. The summed E-state index contributed by atoms with van der Waals surface area (Å²) in [5.41, 5.74) is 13.8. The Bertz CT molecular complexity index is 2370.